The molecule has 0 aromatic heterocycles. The number of hydrogen-bond acceptors (Lipinski definition) is 3. The standard InChI is InChI=1S/C22H42O2SSi2/c1-17-13-15-19(16-14-17)25-20(24-27(11,12)22(6,7)8)18(2)23-26(9,10)21(3,4)5/h13-16,18,20H,1-12H3/t18-,20+/m0/s1. The maximum absolute atomic E-state index is 6.86. The molecule has 0 spiro atoms. The van der Waals surface area contributed by atoms with Gasteiger partial charge in [0.05, 0.1) is 6.10 Å². The van der Waals surface area contributed by atoms with Crippen LogP contribution in [0.25, 0.3) is 0 Å². The summed E-state index contributed by atoms with van der Waals surface area (Å²) >= 11 is 1.81. The maximum Gasteiger partial charge on any atom is 0.193 e. The molecule has 0 aliphatic heterocycles. The second-order valence-electron chi connectivity index (χ2n) is 10.8. The smallest absolute Gasteiger partial charge is 0.193 e. The van der Waals surface area contributed by atoms with Gasteiger partial charge in [-0.2, -0.15) is 0 Å². The van der Waals surface area contributed by atoms with Gasteiger partial charge in [-0.25, -0.2) is 0 Å². The van der Waals surface area contributed by atoms with E-state index in [-0.39, 0.29) is 21.6 Å². The molecular weight excluding hydrogens is 384 g/mol. The lowest BCUT2D eigenvalue weighted by molar-refractivity contribution is 0.0999. The first kappa shape index (κ1) is 25.0. The molecule has 1 rings (SSSR count). The van der Waals surface area contributed by atoms with Crippen LogP contribution in [0.15, 0.2) is 29.2 Å². The Hall–Kier alpha value is -0.0762. The molecule has 0 radical (unpaired) electrons. The van der Waals surface area contributed by atoms with Crippen molar-refractivity contribution in [3.8, 4) is 0 Å². The molecule has 5 heteroatoms. The molecule has 0 saturated heterocycles. The zero-order valence-electron chi connectivity index (χ0n) is 19.7. The summed E-state index contributed by atoms with van der Waals surface area (Å²) in [5.41, 5.74) is 1.29. The molecule has 0 amide bonds. The third-order valence-corrected chi connectivity index (χ3v) is 16.6. The summed E-state index contributed by atoms with van der Waals surface area (Å²) in [4.78, 5) is 1.25. The minimum atomic E-state index is -1.90. The summed E-state index contributed by atoms with van der Waals surface area (Å²) in [6.07, 6.45) is 0.0475. The van der Waals surface area contributed by atoms with E-state index < -0.39 is 16.6 Å². The Morgan fingerprint density at radius 1 is 0.778 bits per heavy atom. The molecule has 1 aromatic carbocycles. The van der Waals surface area contributed by atoms with Crippen molar-refractivity contribution in [1.29, 1.82) is 0 Å². The van der Waals surface area contributed by atoms with Crippen molar-refractivity contribution in [1.82, 2.24) is 0 Å². The molecule has 0 N–H and O–H groups in total. The van der Waals surface area contributed by atoms with E-state index >= 15 is 0 Å². The summed E-state index contributed by atoms with van der Waals surface area (Å²) in [6, 6.07) is 8.73. The van der Waals surface area contributed by atoms with Crippen LogP contribution in [0.4, 0.5) is 0 Å². The molecule has 0 heterocycles. The van der Waals surface area contributed by atoms with Crippen LogP contribution < -0.4 is 0 Å². The molecule has 2 nitrogen and oxygen atoms in total. The van der Waals surface area contributed by atoms with Crippen LogP contribution in [0.2, 0.25) is 36.3 Å². The Morgan fingerprint density at radius 3 is 1.59 bits per heavy atom. The number of aryl methyl sites for hydroxylation is 1. The zero-order valence-corrected chi connectivity index (χ0v) is 22.5. The third-order valence-electron chi connectivity index (χ3n) is 6.16. The minimum Gasteiger partial charge on any atom is -0.411 e. The average molecular weight is 427 g/mol. The highest BCUT2D eigenvalue weighted by Gasteiger charge is 2.43. The second-order valence-corrected chi connectivity index (χ2v) is 21.4. The molecule has 0 fully saturated rings. The Balaban J connectivity index is 3.11. The fourth-order valence-corrected chi connectivity index (χ4v) is 6.48. The monoisotopic (exact) mass is 426 g/mol. The predicted octanol–water partition coefficient (Wildman–Crippen LogP) is 7.85. The summed E-state index contributed by atoms with van der Waals surface area (Å²) in [6.45, 7) is 27.4. The fraction of sp³-hybridized carbons (Fsp3) is 0.727. The zero-order chi connectivity index (χ0) is 21.3. The van der Waals surface area contributed by atoms with E-state index in [1.165, 1.54) is 10.5 Å². The maximum atomic E-state index is 6.86. The highest BCUT2D eigenvalue weighted by atomic mass is 32.2. The van der Waals surface area contributed by atoms with Gasteiger partial charge in [0.2, 0.25) is 0 Å². The van der Waals surface area contributed by atoms with E-state index in [2.05, 4.69) is 106 Å². The molecule has 156 valence electrons. The van der Waals surface area contributed by atoms with E-state index in [9.17, 15) is 0 Å². The van der Waals surface area contributed by atoms with Gasteiger partial charge in [-0.15, -0.1) is 0 Å². The molecule has 27 heavy (non-hydrogen) atoms. The van der Waals surface area contributed by atoms with Crippen LogP contribution in [0.1, 0.15) is 54.0 Å². The number of benzene rings is 1. The minimum absolute atomic E-state index is 0.00252. The largest absolute Gasteiger partial charge is 0.411 e. The summed E-state index contributed by atoms with van der Waals surface area (Å²) < 4.78 is 13.6. The van der Waals surface area contributed by atoms with Crippen molar-refractivity contribution >= 4 is 28.4 Å². The Morgan fingerprint density at radius 2 is 1.19 bits per heavy atom. The Labute approximate surface area is 175 Å². The van der Waals surface area contributed by atoms with Gasteiger partial charge in [0.15, 0.2) is 16.6 Å². The van der Waals surface area contributed by atoms with E-state index in [1.54, 1.807) is 0 Å². The molecule has 0 saturated carbocycles. The number of thioether (sulfide) groups is 1. The molecular formula is C22H42O2SSi2. The molecule has 0 bridgehead atoms. The fourth-order valence-electron chi connectivity index (χ4n) is 2.13. The van der Waals surface area contributed by atoms with Gasteiger partial charge in [0, 0.05) is 4.90 Å². The molecule has 0 unspecified atom stereocenters. The first-order chi connectivity index (χ1) is 12.0. The van der Waals surface area contributed by atoms with E-state index in [4.69, 9.17) is 8.85 Å². The van der Waals surface area contributed by atoms with Crippen molar-refractivity contribution in [3.63, 3.8) is 0 Å². The van der Waals surface area contributed by atoms with Gasteiger partial charge in [0.25, 0.3) is 0 Å². The molecule has 0 aliphatic rings. The van der Waals surface area contributed by atoms with E-state index in [0.29, 0.717) is 0 Å². The Kier molecular flexibility index (Phi) is 8.08. The SMILES string of the molecule is Cc1ccc(S[C@@H](O[Si](C)(C)C(C)(C)C)[C@H](C)O[Si](C)(C)C(C)(C)C)cc1. The van der Waals surface area contributed by atoms with Crippen LogP contribution in [0.3, 0.4) is 0 Å². The van der Waals surface area contributed by atoms with Crippen LogP contribution in [-0.2, 0) is 8.85 Å². The lowest BCUT2D eigenvalue weighted by Crippen LogP contribution is -2.50. The lowest BCUT2D eigenvalue weighted by Gasteiger charge is -2.44. The van der Waals surface area contributed by atoms with Gasteiger partial charge >= 0.3 is 0 Å². The summed E-state index contributed by atoms with van der Waals surface area (Å²) in [5.74, 6) is 0. The predicted molar refractivity (Wildman–Crippen MR) is 127 cm³/mol. The highest BCUT2D eigenvalue weighted by molar-refractivity contribution is 7.99. The lowest BCUT2D eigenvalue weighted by atomic mass is 10.2. The summed E-state index contributed by atoms with van der Waals surface area (Å²) in [5, 5.41) is 0.368. The van der Waals surface area contributed by atoms with Gasteiger partial charge in [-0.1, -0.05) is 71.0 Å². The normalized spacial score (nSPS) is 16.3. The van der Waals surface area contributed by atoms with Crippen LogP contribution >= 0.6 is 11.8 Å². The van der Waals surface area contributed by atoms with E-state index in [1.807, 2.05) is 11.8 Å². The van der Waals surface area contributed by atoms with Gasteiger partial charge in [0.1, 0.15) is 5.44 Å². The second kappa shape index (κ2) is 8.74. The van der Waals surface area contributed by atoms with Gasteiger partial charge in [-0.05, 0) is 62.2 Å². The third kappa shape index (κ3) is 7.04. The van der Waals surface area contributed by atoms with Crippen molar-refractivity contribution in [2.75, 3.05) is 0 Å². The Bertz CT molecular complexity index is 598. The quantitative estimate of drug-likeness (QED) is 0.251. The van der Waals surface area contributed by atoms with Crippen LogP contribution in [-0.4, -0.2) is 28.2 Å². The number of hydrogen-bond donors (Lipinski definition) is 0. The van der Waals surface area contributed by atoms with Crippen LogP contribution in [0, 0.1) is 6.92 Å². The first-order valence-electron chi connectivity index (χ1n) is 10.1. The molecule has 2 atom stereocenters. The number of rotatable bonds is 7. The van der Waals surface area contributed by atoms with Crippen molar-refractivity contribution < 1.29 is 8.85 Å². The van der Waals surface area contributed by atoms with Crippen LogP contribution in [0.5, 0.6) is 0 Å². The van der Waals surface area contributed by atoms with Gasteiger partial charge < -0.3 is 8.85 Å². The van der Waals surface area contributed by atoms with Crippen molar-refractivity contribution in [3.05, 3.63) is 29.8 Å². The molecule has 0 aliphatic carbocycles. The van der Waals surface area contributed by atoms with Crippen molar-refractivity contribution in [2.24, 2.45) is 0 Å². The average Bonchev–Trinajstić information content (AvgIpc) is 2.45. The highest BCUT2D eigenvalue weighted by Crippen LogP contribution is 2.43. The van der Waals surface area contributed by atoms with Crippen molar-refractivity contribution in [2.45, 2.75) is 108 Å². The van der Waals surface area contributed by atoms with Gasteiger partial charge in [-0.3, -0.25) is 0 Å². The molecule has 1 aromatic rings. The topological polar surface area (TPSA) is 18.5 Å². The first-order valence-corrected chi connectivity index (χ1v) is 16.7. The van der Waals surface area contributed by atoms with E-state index in [0.717, 1.165) is 0 Å². The summed E-state index contributed by atoms with van der Waals surface area (Å²) in [7, 11) is -3.76.